The maximum Gasteiger partial charge on any atom is 0.162 e. The lowest BCUT2D eigenvalue weighted by atomic mass is 10.1. The van der Waals surface area contributed by atoms with Crippen LogP contribution in [0.1, 0.15) is 16.7 Å². The first-order chi connectivity index (χ1) is 14.6. The van der Waals surface area contributed by atoms with E-state index in [0.29, 0.717) is 29.7 Å². The van der Waals surface area contributed by atoms with E-state index >= 15 is 0 Å². The topological polar surface area (TPSA) is 39.7 Å². The van der Waals surface area contributed by atoms with Gasteiger partial charge in [-0.15, -0.1) is 0 Å². The Labute approximate surface area is 191 Å². The van der Waals surface area contributed by atoms with Crippen LogP contribution in [0.4, 0.5) is 0 Å². The molecule has 0 unspecified atom stereocenters. The van der Waals surface area contributed by atoms with Crippen LogP contribution in [0.15, 0.2) is 65.1 Å². The van der Waals surface area contributed by atoms with E-state index < -0.39 is 0 Å². The standard InChI is InChI=1S/C24H25BrClNO3/c1-28-22-9-4-3-7-18(22)10-11-27-15-19-13-23(29-2)24(14-21(19)25)30-16-17-6-5-8-20(26)12-17/h3-9,12-14,27H,10-11,15-16H2,1-2H3. The van der Waals surface area contributed by atoms with Crippen molar-refractivity contribution in [2.75, 3.05) is 20.8 Å². The normalized spacial score (nSPS) is 10.7. The zero-order valence-corrected chi connectivity index (χ0v) is 19.4. The predicted octanol–water partition coefficient (Wildman–Crippen LogP) is 6.03. The van der Waals surface area contributed by atoms with Gasteiger partial charge in [0.2, 0.25) is 0 Å². The van der Waals surface area contributed by atoms with E-state index in [1.165, 1.54) is 5.56 Å². The molecule has 0 fully saturated rings. The average Bonchev–Trinajstić information content (AvgIpc) is 2.76. The molecular formula is C24H25BrClNO3. The summed E-state index contributed by atoms with van der Waals surface area (Å²) in [6.07, 6.45) is 0.888. The molecule has 158 valence electrons. The van der Waals surface area contributed by atoms with Gasteiger partial charge in [-0.05, 0) is 60.0 Å². The number of rotatable bonds is 10. The van der Waals surface area contributed by atoms with Crippen LogP contribution in [0, 0.1) is 0 Å². The molecule has 0 spiro atoms. The zero-order valence-electron chi connectivity index (χ0n) is 17.1. The second kappa shape index (κ2) is 11.3. The molecule has 0 amide bonds. The number of hydrogen-bond donors (Lipinski definition) is 1. The number of halogens is 2. The molecule has 0 radical (unpaired) electrons. The first-order valence-electron chi connectivity index (χ1n) is 9.67. The highest BCUT2D eigenvalue weighted by Gasteiger charge is 2.11. The summed E-state index contributed by atoms with van der Waals surface area (Å²) < 4.78 is 17.9. The minimum absolute atomic E-state index is 0.417. The van der Waals surface area contributed by atoms with E-state index in [9.17, 15) is 0 Å². The van der Waals surface area contributed by atoms with Crippen LogP contribution in [0.5, 0.6) is 17.2 Å². The van der Waals surface area contributed by atoms with Gasteiger partial charge in [0.05, 0.1) is 14.2 Å². The van der Waals surface area contributed by atoms with Crippen molar-refractivity contribution >= 4 is 27.5 Å². The fourth-order valence-electron chi connectivity index (χ4n) is 3.13. The molecule has 3 rings (SSSR count). The van der Waals surface area contributed by atoms with Crippen LogP contribution in [0.25, 0.3) is 0 Å². The third-order valence-electron chi connectivity index (χ3n) is 4.70. The van der Waals surface area contributed by atoms with E-state index in [-0.39, 0.29) is 0 Å². The fourth-order valence-corrected chi connectivity index (χ4v) is 3.80. The highest BCUT2D eigenvalue weighted by molar-refractivity contribution is 9.10. The maximum atomic E-state index is 6.05. The van der Waals surface area contributed by atoms with E-state index in [2.05, 4.69) is 27.3 Å². The second-order valence-corrected chi connectivity index (χ2v) is 8.04. The Balaban J connectivity index is 1.59. The van der Waals surface area contributed by atoms with E-state index in [1.54, 1.807) is 14.2 Å². The molecule has 3 aromatic carbocycles. The van der Waals surface area contributed by atoms with Gasteiger partial charge < -0.3 is 19.5 Å². The van der Waals surface area contributed by atoms with Crippen molar-refractivity contribution < 1.29 is 14.2 Å². The SMILES string of the molecule is COc1ccccc1CCNCc1cc(OC)c(OCc2cccc(Cl)c2)cc1Br. The molecule has 0 saturated carbocycles. The Morgan fingerprint density at radius 1 is 0.867 bits per heavy atom. The molecule has 0 saturated heterocycles. The van der Waals surface area contributed by atoms with Gasteiger partial charge in [-0.25, -0.2) is 0 Å². The fraction of sp³-hybridized carbons (Fsp3) is 0.250. The third kappa shape index (κ3) is 6.14. The van der Waals surface area contributed by atoms with Gasteiger partial charge in [-0.2, -0.15) is 0 Å². The Kier molecular flexibility index (Phi) is 8.43. The van der Waals surface area contributed by atoms with E-state index in [1.807, 2.05) is 54.6 Å². The number of nitrogens with one attached hydrogen (secondary N) is 1. The minimum Gasteiger partial charge on any atom is -0.496 e. The van der Waals surface area contributed by atoms with Crippen molar-refractivity contribution in [2.24, 2.45) is 0 Å². The van der Waals surface area contributed by atoms with E-state index in [4.69, 9.17) is 25.8 Å². The number of ether oxygens (including phenoxy) is 3. The molecular weight excluding hydrogens is 466 g/mol. The summed E-state index contributed by atoms with van der Waals surface area (Å²) in [6, 6.07) is 19.7. The van der Waals surface area contributed by atoms with Gasteiger partial charge in [0.25, 0.3) is 0 Å². The van der Waals surface area contributed by atoms with Crippen molar-refractivity contribution in [1.29, 1.82) is 0 Å². The highest BCUT2D eigenvalue weighted by atomic mass is 79.9. The van der Waals surface area contributed by atoms with Gasteiger partial charge in [0.15, 0.2) is 11.5 Å². The molecule has 0 bridgehead atoms. The Hall–Kier alpha value is -2.21. The molecule has 0 aromatic heterocycles. The molecule has 3 aromatic rings. The maximum absolute atomic E-state index is 6.05. The molecule has 0 aliphatic heterocycles. The van der Waals surface area contributed by atoms with Crippen molar-refractivity contribution in [2.45, 2.75) is 19.6 Å². The zero-order chi connectivity index (χ0) is 21.3. The quantitative estimate of drug-likeness (QED) is 0.352. The smallest absolute Gasteiger partial charge is 0.162 e. The van der Waals surface area contributed by atoms with Gasteiger partial charge in [0.1, 0.15) is 12.4 Å². The number of methoxy groups -OCH3 is 2. The van der Waals surface area contributed by atoms with Crippen molar-refractivity contribution in [3.8, 4) is 17.2 Å². The summed E-state index contributed by atoms with van der Waals surface area (Å²) in [6.45, 7) is 1.96. The van der Waals surface area contributed by atoms with Crippen molar-refractivity contribution in [3.05, 3.63) is 86.8 Å². The summed E-state index contributed by atoms with van der Waals surface area (Å²) in [5.74, 6) is 2.30. The van der Waals surface area contributed by atoms with Crippen LogP contribution in [-0.4, -0.2) is 20.8 Å². The molecule has 0 atom stereocenters. The molecule has 6 heteroatoms. The first-order valence-corrected chi connectivity index (χ1v) is 10.8. The van der Waals surface area contributed by atoms with Gasteiger partial charge in [0, 0.05) is 16.0 Å². The van der Waals surface area contributed by atoms with E-state index in [0.717, 1.165) is 34.3 Å². The lowest BCUT2D eigenvalue weighted by molar-refractivity contribution is 0.284. The highest BCUT2D eigenvalue weighted by Crippen LogP contribution is 2.34. The largest absolute Gasteiger partial charge is 0.496 e. The summed E-state index contributed by atoms with van der Waals surface area (Å²) in [7, 11) is 3.35. The lowest BCUT2D eigenvalue weighted by Crippen LogP contribution is -2.17. The number of para-hydroxylation sites is 1. The van der Waals surface area contributed by atoms with Gasteiger partial charge >= 0.3 is 0 Å². The summed E-state index contributed by atoms with van der Waals surface area (Å²) >= 11 is 9.70. The number of benzene rings is 3. The Bertz CT molecular complexity index is 980. The van der Waals surface area contributed by atoms with Gasteiger partial charge in [-0.3, -0.25) is 0 Å². The molecule has 0 aliphatic rings. The summed E-state index contributed by atoms with van der Waals surface area (Å²) in [5.41, 5.74) is 3.29. The second-order valence-electron chi connectivity index (χ2n) is 6.75. The number of hydrogen-bond acceptors (Lipinski definition) is 4. The predicted molar refractivity (Wildman–Crippen MR) is 125 cm³/mol. The van der Waals surface area contributed by atoms with Crippen molar-refractivity contribution in [1.82, 2.24) is 5.32 Å². The molecule has 0 heterocycles. The monoisotopic (exact) mass is 489 g/mol. The molecule has 30 heavy (non-hydrogen) atoms. The van der Waals surface area contributed by atoms with Crippen LogP contribution in [0.2, 0.25) is 5.02 Å². The van der Waals surface area contributed by atoms with Crippen molar-refractivity contribution in [3.63, 3.8) is 0 Å². The molecule has 4 nitrogen and oxygen atoms in total. The Morgan fingerprint density at radius 2 is 1.67 bits per heavy atom. The van der Waals surface area contributed by atoms with Crippen LogP contribution in [-0.2, 0) is 19.6 Å². The van der Waals surface area contributed by atoms with Crippen LogP contribution < -0.4 is 19.5 Å². The van der Waals surface area contributed by atoms with Crippen LogP contribution in [0.3, 0.4) is 0 Å². The Morgan fingerprint density at radius 3 is 2.43 bits per heavy atom. The molecule has 0 aliphatic carbocycles. The third-order valence-corrected chi connectivity index (χ3v) is 5.67. The van der Waals surface area contributed by atoms with Crippen LogP contribution >= 0.6 is 27.5 Å². The first kappa shape index (κ1) is 22.5. The summed E-state index contributed by atoms with van der Waals surface area (Å²) in [4.78, 5) is 0. The molecule has 1 N–H and O–H groups in total. The van der Waals surface area contributed by atoms with Gasteiger partial charge in [-0.1, -0.05) is 57.9 Å². The minimum atomic E-state index is 0.417. The lowest BCUT2D eigenvalue weighted by Gasteiger charge is -2.15. The summed E-state index contributed by atoms with van der Waals surface area (Å²) in [5, 5.41) is 4.17. The average molecular weight is 491 g/mol.